The second-order valence-electron chi connectivity index (χ2n) is 4.89. The molecule has 0 aromatic carbocycles. The first-order valence-electron chi connectivity index (χ1n) is 6.56. The predicted molar refractivity (Wildman–Crippen MR) is 66.1 cm³/mol. The molecule has 0 saturated heterocycles. The first-order chi connectivity index (χ1) is 9.46. The predicted octanol–water partition coefficient (Wildman–Crippen LogP) is 2.23. The summed E-state index contributed by atoms with van der Waals surface area (Å²) in [5.74, 6) is 0. The van der Waals surface area contributed by atoms with E-state index in [1.54, 1.807) is 23.1 Å². The van der Waals surface area contributed by atoms with E-state index in [1.807, 2.05) is 5.32 Å². The molecule has 112 valence electrons. The van der Waals surface area contributed by atoms with Gasteiger partial charge in [0.1, 0.15) is 6.54 Å². The number of urea groups is 1. The number of carbonyl (C=O) groups is 1. The van der Waals surface area contributed by atoms with E-state index >= 15 is 0 Å². The molecule has 2 rings (SSSR count). The normalized spacial score (nSPS) is 23.4. The molecule has 1 aromatic heterocycles. The molecule has 5 nitrogen and oxygen atoms in total. The maximum absolute atomic E-state index is 12.0. The van der Waals surface area contributed by atoms with Gasteiger partial charge < -0.3 is 10.6 Å². The summed E-state index contributed by atoms with van der Waals surface area (Å²) in [6.45, 7) is -1.32. The summed E-state index contributed by atoms with van der Waals surface area (Å²) in [6, 6.07) is 0.800. The second kappa shape index (κ2) is 6.15. The number of amides is 2. The minimum atomic E-state index is -4.40. The van der Waals surface area contributed by atoms with Gasteiger partial charge in [0, 0.05) is 12.4 Å². The number of aromatic nitrogens is 2. The van der Waals surface area contributed by atoms with Gasteiger partial charge in [-0.1, -0.05) is 12.8 Å². The molecule has 1 heterocycles. The number of nitrogens with zero attached hydrogens (tertiary/aromatic N) is 2. The van der Waals surface area contributed by atoms with Crippen LogP contribution in [-0.2, 0) is 0 Å². The lowest BCUT2D eigenvalue weighted by Crippen LogP contribution is -2.49. The van der Waals surface area contributed by atoms with Gasteiger partial charge in [-0.05, 0) is 18.9 Å². The second-order valence-corrected chi connectivity index (χ2v) is 4.89. The van der Waals surface area contributed by atoms with Crippen LogP contribution in [0.1, 0.15) is 31.7 Å². The van der Waals surface area contributed by atoms with Gasteiger partial charge in [-0.2, -0.15) is 18.3 Å². The van der Waals surface area contributed by atoms with Crippen LogP contribution in [0.2, 0.25) is 0 Å². The van der Waals surface area contributed by atoms with E-state index in [1.165, 1.54) is 0 Å². The first-order valence-corrected chi connectivity index (χ1v) is 6.56. The molecule has 0 unspecified atom stereocenters. The van der Waals surface area contributed by atoms with E-state index in [0.717, 1.165) is 25.7 Å². The molecular weight excluding hydrogens is 273 g/mol. The van der Waals surface area contributed by atoms with Crippen LogP contribution in [0, 0.1) is 0 Å². The summed E-state index contributed by atoms with van der Waals surface area (Å²) < 4.78 is 37.9. The van der Waals surface area contributed by atoms with Crippen molar-refractivity contribution in [3.05, 3.63) is 18.5 Å². The van der Waals surface area contributed by atoms with Crippen LogP contribution >= 0.6 is 0 Å². The van der Waals surface area contributed by atoms with E-state index in [2.05, 4.69) is 10.4 Å². The molecule has 1 aromatic rings. The average molecular weight is 290 g/mol. The molecule has 0 aliphatic heterocycles. The van der Waals surface area contributed by atoms with Crippen molar-refractivity contribution < 1.29 is 18.0 Å². The van der Waals surface area contributed by atoms with Crippen molar-refractivity contribution >= 4 is 6.03 Å². The Hall–Kier alpha value is -1.73. The van der Waals surface area contributed by atoms with Crippen molar-refractivity contribution in [2.45, 2.75) is 43.9 Å². The Bertz CT molecular complexity index is 432. The zero-order valence-electron chi connectivity index (χ0n) is 10.9. The molecule has 0 spiro atoms. The molecule has 2 amide bonds. The Labute approximate surface area is 114 Å². The van der Waals surface area contributed by atoms with Crippen molar-refractivity contribution in [2.24, 2.45) is 0 Å². The fourth-order valence-electron chi connectivity index (χ4n) is 2.47. The van der Waals surface area contributed by atoms with Crippen LogP contribution in [0.25, 0.3) is 0 Å². The number of hydrogen-bond acceptors (Lipinski definition) is 2. The SMILES string of the molecule is O=C(NCC(F)(F)F)N[C@@H]1CCCC[C@H]1n1cccn1. The van der Waals surface area contributed by atoms with Gasteiger partial charge in [-0.15, -0.1) is 0 Å². The minimum absolute atomic E-state index is 0.00427. The monoisotopic (exact) mass is 290 g/mol. The van der Waals surface area contributed by atoms with E-state index in [-0.39, 0.29) is 12.1 Å². The lowest BCUT2D eigenvalue weighted by atomic mass is 9.90. The highest BCUT2D eigenvalue weighted by molar-refractivity contribution is 5.74. The van der Waals surface area contributed by atoms with Gasteiger partial charge in [0.05, 0.1) is 12.1 Å². The van der Waals surface area contributed by atoms with Gasteiger partial charge >= 0.3 is 12.2 Å². The Morgan fingerprint density at radius 2 is 2.10 bits per heavy atom. The van der Waals surface area contributed by atoms with Gasteiger partial charge in [0.15, 0.2) is 0 Å². The molecule has 2 N–H and O–H groups in total. The Balaban J connectivity index is 1.90. The van der Waals surface area contributed by atoms with Crippen molar-refractivity contribution in [3.8, 4) is 0 Å². The fourth-order valence-corrected chi connectivity index (χ4v) is 2.47. The Kier molecular flexibility index (Phi) is 4.51. The number of rotatable bonds is 3. The fraction of sp³-hybridized carbons (Fsp3) is 0.667. The number of halogens is 3. The third kappa shape index (κ3) is 4.14. The van der Waals surface area contributed by atoms with Gasteiger partial charge in [0.2, 0.25) is 0 Å². The van der Waals surface area contributed by atoms with Crippen LogP contribution in [0.4, 0.5) is 18.0 Å². The molecule has 1 aliphatic carbocycles. The quantitative estimate of drug-likeness (QED) is 0.897. The summed E-state index contributed by atoms with van der Waals surface area (Å²) in [4.78, 5) is 11.5. The van der Waals surface area contributed by atoms with Crippen LogP contribution < -0.4 is 10.6 Å². The highest BCUT2D eigenvalue weighted by atomic mass is 19.4. The molecule has 0 bridgehead atoms. The summed E-state index contributed by atoms with van der Waals surface area (Å²) in [6.07, 6.45) is 2.61. The highest BCUT2D eigenvalue weighted by Crippen LogP contribution is 2.28. The Morgan fingerprint density at radius 1 is 1.35 bits per heavy atom. The van der Waals surface area contributed by atoms with E-state index < -0.39 is 18.8 Å². The molecule has 20 heavy (non-hydrogen) atoms. The molecule has 1 saturated carbocycles. The number of alkyl halides is 3. The molecule has 0 radical (unpaired) electrons. The molecule has 1 fully saturated rings. The maximum Gasteiger partial charge on any atom is 0.405 e. The van der Waals surface area contributed by atoms with E-state index in [4.69, 9.17) is 0 Å². The third-order valence-corrected chi connectivity index (χ3v) is 3.36. The van der Waals surface area contributed by atoms with Crippen molar-refractivity contribution in [1.82, 2.24) is 20.4 Å². The number of hydrogen-bond donors (Lipinski definition) is 2. The van der Waals surface area contributed by atoms with Crippen molar-refractivity contribution in [3.63, 3.8) is 0 Å². The van der Waals surface area contributed by atoms with Gasteiger partial charge in [-0.3, -0.25) is 4.68 Å². The largest absolute Gasteiger partial charge is 0.405 e. The van der Waals surface area contributed by atoms with Crippen LogP contribution in [0.3, 0.4) is 0 Å². The summed E-state index contributed by atoms with van der Waals surface area (Å²) in [5, 5.41) is 8.60. The molecule has 2 atom stereocenters. The minimum Gasteiger partial charge on any atom is -0.333 e. The average Bonchev–Trinajstić information content (AvgIpc) is 2.90. The Morgan fingerprint density at radius 3 is 2.75 bits per heavy atom. The van der Waals surface area contributed by atoms with Crippen LogP contribution in [0.5, 0.6) is 0 Å². The lowest BCUT2D eigenvalue weighted by Gasteiger charge is -2.32. The zero-order chi connectivity index (χ0) is 14.6. The van der Waals surface area contributed by atoms with Crippen molar-refractivity contribution in [1.29, 1.82) is 0 Å². The van der Waals surface area contributed by atoms with Gasteiger partial charge in [0.25, 0.3) is 0 Å². The molecular formula is C12H17F3N4O. The topological polar surface area (TPSA) is 59.0 Å². The van der Waals surface area contributed by atoms with Gasteiger partial charge in [-0.25, -0.2) is 4.79 Å². The highest BCUT2D eigenvalue weighted by Gasteiger charge is 2.30. The van der Waals surface area contributed by atoms with E-state index in [9.17, 15) is 18.0 Å². The van der Waals surface area contributed by atoms with Crippen LogP contribution in [0.15, 0.2) is 18.5 Å². The number of nitrogens with one attached hydrogen (secondary N) is 2. The molecule has 8 heteroatoms. The first kappa shape index (κ1) is 14.7. The third-order valence-electron chi connectivity index (χ3n) is 3.36. The zero-order valence-corrected chi connectivity index (χ0v) is 10.9. The number of carbonyl (C=O) groups excluding carboxylic acids is 1. The lowest BCUT2D eigenvalue weighted by molar-refractivity contribution is -0.122. The smallest absolute Gasteiger partial charge is 0.333 e. The summed E-state index contributed by atoms with van der Waals surface area (Å²) in [5.41, 5.74) is 0. The maximum atomic E-state index is 12.0. The van der Waals surface area contributed by atoms with Crippen molar-refractivity contribution in [2.75, 3.05) is 6.54 Å². The van der Waals surface area contributed by atoms with E-state index in [0.29, 0.717) is 0 Å². The molecule has 1 aliphatic rings. The summed E-state index contributed by atoms with van der Waals surface area (Å²) in [7, 11) is 0. The van der Waals surface area contributed by atoms with Crippen LogP contribution in [-0.4, -0.2) is 34.6 Å². The standard InChI is InChI=1S/C12H17F3N4O/c13-12(14,15)8-16-11(20)18-9-4-1-2-5-10(9)19-7-3-6-17-19/h3,6-7,9-10H,1-2,4-5,8H2,(H2,16,18,20)/t9-,10-/m1/s1. The summed E-state index contributed by atoms with van der Waals surface area (Å²) >= 11 is 0.